The molecular formula is C9H16. The Morgan fingerprint density at radius 3 is 1.56 bits per heavy atom. The Labute approximate surface area is 57.6 Å². The molecule has 0 amide bonds. The molecule has 0 aliphatic heterocycles. The van der Waals surface area contributed by atoms with Gasteiger partial charge >= 0.3 is 0 Å². The van der Waals surface area contributed by atoms with E-state index < -0.39 is 0 Å². The Morgan fingerprint density at radius 1 is 0.889 bits per heavy atom. The highest BCUT2D eigenvalue weighted by atomic mass is 14.5. The molecule has 0 spiro atoms. The van der Waals surface area contributed by atoms with Crippen molar-refractivity contribution in [3.63, 3.8) is 0 Å². The fourth-order valence-electron chi connectivity index (χ4n) is 2.87. The van der Waals surface area contributed by atoms with Crippen LogP contribution in [0.2, 0.25) is 0 Å². The van der Waals surface area contributed by atoms with E-state index in [0.717, 1.165) is 23.7 Å². The highest BCUT2D eigenvalue weighted by molar-refractivity contribution is 4.92. The first-order valence-electron chi connectivity index (χ1n) is 4.29. The molecule has 4 atom stereocenters. The van der Waals surface area contributed by atoms with Gasteiger partial charge in [0.15, 0.2) is 0 Å². The van der Waals surface area contributed by atoms with E-state index in [4.69, 9.17) is 0 Å². The fraction of sp³-hybridized carbons (Fsp3) is 1.00. The smallest absolute Gasteiger partial charge is 0.0383 e. The second-order valence-corrected chi connectivity index (χ2v) is 4.05. The average Bonchev–Trinajstić information content (AvgIpc) is 2.37. The Kier molecular flexibility index (Phi) is 1.12. The fourth-order valence-corrected chi connectivity index (χ4v) is 2.87. The van der Waals surface area contributed by atoms with Crippen LogP contribution in [0.15, 0.2) is 0 Å². The van der Waals surface area contributed by atoms with Crippen LogP contribution < -0.4 is 0 Å². The van der Waals surface area contributed by atoms with E-state index in [1.54, 1.807) is 6.42 Å². The number of rotatable bonds is 0. The van der Waals surface area contributed by atoms with Gasteiger partial charge in [-0.25, -0.2) is 0 Å². The summed E-state index contributed by atoms with van der Waals surface area (Å²) in [6.07, 6.45) is 4.63. The van der Waals surface area contributed by atoms with Gasteiger partial charge in [0.05, 0.1) is 0 Å². The molecule has 0 aromatic carbocycles. The van der Waals surface area contributed by atoms with Crippen molar-refractivity contribution >= 4 is 0 Å². The lowest BCUT2D eigenvalue weighted by Gasteiger charge is -2.24. The molecule has 9 heavy (non-hydrogen) atoms. The van der Waals surface area contributed by atoms with E-state index in [0.29, 0.717) is 0 Å². The first-order chi connectivity index (χ1) is 4.29. The Balaban J connectivity index is 2.15. The van der Waals surface area contributed by atoms with Gasteiger partial charge in [-0.1, -0.05) is 13.8 Å². The van der Waals surface area contributed by atoms with E-state index in [1.165, 1.54) is 12.8 Å². The van der Waals surface area contributed by atoms with Gasteiger partial charge in [-0.2, -0.15) is 0 Å². The van der Waals surface area contributed by atoms with Crippen LogP contribution >= 0.6 is 0 Å². The summed E-state index contributed by atoms with van der Waals surface area (Å²) in [5.74, 6) is 4.32. The lowest BCUT2D eigenvalue weighted by molar-refractivity contribution is 0.259. The molecule has 52 valence electrons. The number of hydrogen-bond donors (Lipinski definition) is 0. The molecule has 0 heterocycles. The Morgan fingerprint density at radius 2 is 1.33 bits per heavy atom. The zero-order chi connectivity index (χ0) is 6.43. The lowest BCUT2D eigenvalue weighted by Crippen LogP contribution is -2.15. The van der Waals surface area contributed by atoms with Crippen LogP contribution in [0, 0.1) is 23.7 Å². The minimum Gasteiger partial charge on any atom is -0.0620 e. The van der Waals surface area contributed by atoms with Gasteiger partial charge in [-0.3, -0.25) is 0 Å². The molecule has 2 fully saturated rings. The summed E-state index contributed by atoms with van der Waals surface area (Å²) < 4.78 is 0. The maximum atomic E-state index is 2.44. The van der Waals surface area contributed by atoms with Crippen LogP contribution in [0.5, 0.6) is 0 Å². The van der Waals surface area contributed by atoms with Crippen LogP contribution in [-0.4, -0.2) is 0 Å². The van der Waals surface area contributed by atoms with Gasteiger partial charge in [-0.15, -0.1) is 0 Å². The van der Waals surface area contributed by atoms with Crippen molar-refractivity contribution in [2.24, 2.45) is 23.7 Å². The van der Waals surface area contributed by atoms with Gasteiger partial charge < -0.3 is 0 Å². The zero-order valence-electron chi connectivity index (χ0n) is 6.43. The van der Waals surface area contributed by atoms with Gasteiger partial charge in [0.25, 0.3) is 0 Å². The molecule has 2 aliphatic rings. The van der Waals surface area contributed by atoms with Gasteiger partial charge in [0.2, 0.25) is 0 Å². The summed E-state index contributed by atoms with van der Waals surface area (Å²) in [7, 11) is 0. The highest BCUT2D eigenvalue weighted by Crippen LogP contribution is 2.51. The first-order valence-corrected chi connectivity index (χ1v) is 4.29. The molecule has 0 aromatic rings. The highest BCUT2D eigenvalue weighted by Gasteiger charge is 2.42. The van der Waals surface area contributed by atoms with E-state index in [-0.39, 0.29) is 0 Å². The van der Waals surface area contributed by atoms with Gasteiger partial charge in [0, 0.05) is 0 Å². The second-order valence-electron chi connectivity index (χ2n) is 4.05. The number of fused-ring (bicyclic) bond motifs is 2. The minimum atomic E-state index is 1.05. The summed E-state index contributed by atoms with van der Waals surface area (Å²) in [4.78, 5) is 0. The molecular weight excluding hydrogens is 108 g/mol. The van der Waals surface area contributed by atoms with Crippen molar-refractivity contribution < 1.29 is 0 Å². The SMILES string of the molecule is CC1C2CCC(C2)[C@@H]1C. The number of hydrogen-bond acceptors (Lipinski definition) is 0. The molecule has 0 saturated heterocycles. The van der Waals surface area contributed by atoms with Crippen LogP contribution in [0.3, 0.4) is 0 Å². The monoisotopic (exact) mass is 124 g/mol. The molecule has 0 nitrogen and oxygen atoms in total. The van der Waals surface area contributed by atoms with Crippen molar-refractivity contribution in [1.82, 2.24) is 0 Å². The second kappa shape index (κ2) is 1.74. The summed E-state index contributed by atoms with van der Waals surface area (Å²) >= 11 is 0. The normalized spacial score (nSPS) is 56.7. The molecule has 0 N–H and O–H groups in total. The van der Waals surface area contributed by atoms with E-state index in [1.807, 2.05) is 0 Å². The molecule has 0 heteroatoms. The molecule has 2 saturated carbocycles. The molecule has 2 rings (SSSR count). The van der Waals surface area contributed by atoms with Crippen LogP contribution in [0.25, 0.3) is 0 Å². The molecule has 0 radical (unpaired) electrons. The maximum Gasteiger partial charge on any atom is -0.0383 e. The van der Waals surface area contributed by atoms with Crippen LogP contribution in [0.4, 0.5) is 0 Å². The predicted molar refractivity (Wildman–Crippen MR) is 39.2 cm³/mol. The zero-order valence-corrected chi connectivity index (χ0v) is 6.43. The topological polar surface area (TPSA) is 0 Å². The molecule has 2 bridgehead atoms. The standard InChI is InChI=1S/C9H16/c1-6-7(2)9-4-3-8(6)5-9/h6-9H,3-5H2,1-2H3/t6-,7?,8?,9?/m1/s1. The molecule has 0 aromatic heterocycles. The summed E-state index contributed by atoms with van der Waals surface area (Å²) in [5, 5.41) is 0. The Hall–Kier alpha value is 0. The third kappa shape index (κ3) is 0.653. The summed E-state index contributed by atoms with van der Waals surface area (Å²) in [5.41, 5.74) is 0. The molecule has 3 unspecified atom stereocenters. The average molecular weight is 124 g/mol. The third-order valence-corrected chi connectivity index (χ3v) is 3.83. The largest absolute Gasteiger partial charge is 0.0620 e. The Bertz CT molecular complexity index is 99.2. The van der Waals surface area contributed by atoms with Crippen molar-refractivity contribution in [2.75, 3.05) is 0 Å². The van der Waals surface area contributed by atoms with Crippen molar-refractivity contribution in [2.45, 2.75) is 33.1 Å². The third-order valence-electron chi connectivity index (χ3n) is 3.83. The van der Waals surface area contributed by atoms with Crippen LogP contribution in [0.1, 0.15) is 33.1 Å². The first kappa shape index (κ1) is 5.76. The summed E-state index contributed by atoms with van der Waals surface area (Å²) in [6, 6.07) is 0. The van der Waals surface area contributed by atoms with E-state index >= 15 is 0 Å². The van der Waals surface area contributed by atoms with Crippen molar-refractivity contribution in [3.8, 4) is 0 Å². The minimum absolute atomic E-state index is 1.05. The molecule has 2 aliphatic carbocycles. The van der Waals surface area contributed by atoms with Crippen molar-refractivity contribution in [1.29, 1.82) is 0 Å². The van der Waals surface area contributed by atoms with E-state index in [2.05, 4.69) is 13.8 Å². The quantitative estimate of drug-likeness (QED) is 0.465. The lowest BCUT2D eigenvalue weighted by atomic mass is 9.82. The van der Waals surface area contributed by atoms with E-state index in [9.17, 15) is 0 Å². The van der Waals surface area contributed by atoms with Crippen molar-refractivity contribution in [3.05, 3.63) is 0 Å². The summed E-state index contributed by atoms with van der Waals surface area (Å²) in [6.45, 7) is 4.88. The van der Waals surface area contributed by atoms with Crippen LogP contribution in [-0.2, 0) is 0 Å². The maximum absolute atomic E-state index is 2.44. The van der Waals surface area contributed by atoms with Gasteiger partial charge in [0.1, 0.15) is 0 Å². The predicted octanol–water partition coefficient (Wildman–Crippen LogP) is 2.69. The van der Waals surface area contributed by atoms with Gasteiger partial charge in [-0.05, 0) is 42.9 Å².